The third kappa shape index (κ3) is 43.6. The molecule has 0 bridgehead atoms. The number of thiophene rings is 1. The number of aryl methyl sites for hydroxylation is 2. The van der Waals surface area contributed by atoms with Gasteiger partial charge in [0.2, 0.25) is 29.5 Å². The molecule has 127 heavy (non-hydrogen) atoms. The van der Waals surface area contributed by atoms with Gasteiger partial charge in [0.05, 0.1) is 28.5 Å². The van der Waals surface area contributed by atoms with Crippen LogP contribution in [0.1, 0.15) is 197 Å². The topological polar surface area (TPSA) is 295 Å². The highest BCUT2D eigenvalue weighted by atomic mass is 35.5. The van der Waals surface area contributed by atoms with E-state index in [9.17, 15) is 47.9 Å². The Labute approximate surface area is 754 Å². The lowest BCUT2D eigenvalue weighted by atomic mass is 10.1. The fourth-order valence-corrected chi connectivity index (χ4v) is 11.8. The quantitative estimate of drug-likeness (QED) is 0.0223. The summed E-state index contributed by atoms with van der Waals surface area (Å²) in [4.78, 5) is 144. The summed E-state index contributed by atoms with van der Waals surface area (Å²) in [5, 5.41) is 16.1. The van der Waals surface area contributed by atoms with E-state index in [0.29, 0.717) is 59.9 Å². The van der Waals surface area contributed by atoms with E-state index in [0.717, 1.165) is 130 Å². The van der Waals surface area contributed by atoms with Crippen LogP contribution >= 0.6 is 22.9 Å². The standard InChI is InChI=1S/2C22H24N2O2.C21H21ClN2O2.C21H22N2O2.C19H20N2O2S/c2*1-3-4-7-21(25)20(15-19-6-5-14-23-16-19)24-22(26)13-12-18-10-8-17(2)9-11-18;1-2-3-6-20(25)19(14-17-5-4-13-23-15-17)24-21(26)12-9-16-7-10-18(22)11-8-16;1-2-3-11-20(24)19(15-18-10-7-14-22-16-18)23-21(25)13-12-17-8-5-4-6-9-17;1-2-3-8-18(22)17(13-15-6-4-11-20-14-15)21-19(23)10-9-16-7-5-12-24-16/h2*5-6,8-16H,3-4,7H2,1-2H3,(H,24,26);4-5,7-15H,2-3,6H2,1H3,(H,24,26);4-10,12-16H,2-3,11H2,1H3,(H,23,25);4-7,9-14H,2-3,8H2,1H3,(H,21,23)/b2*13-12+,20-15-;12-9+,19-14-;13-12+,19-15-;10-9+,17-13-. The number of hydrogen-bond donors (Lipinski definition) is 5. The number of pyridine rings is 5. The van der Waals surface area contributed by atoms with Gasteiger partial charge < -0.3 is 26.6 Å². The van der Waals surface area contributed by atoms with Gasteiger partial charge in [-0.3, -0.25) is 72.9 Å². The predicted molar refractivity (Wildman–Crippen MR) is 514 cm³/mol. The van der Waals surface area contributed by atoms with Crippen molar-refractivity contribution in [3.05, 3.63) is 373 Å². The molecule has 22 heteroatoms. The molecule has 20 nitrogen and oxygen atoms in total. The normalized spacial score (nSPS) is 11.5. The molecular weight excluding hydrogens is 1630 g/mol. The van der Waals surface area contributed by atoms with Crippen LogP contribution in [-0.2, 0) is 47.9 Å². The first-order valence-corrected chi connectivity index (χ1v) is 43.6. The van der Waals surface area contributed by atoms with Crippen molar-refractivity contribution in [2.75, 3.05) is 0 Å². The van der Waals surface area contributed by atoms with Crippen molar-refractivity contribution in [2.45, 2.75) is 145 Å². The summed E-state index contributed by atoms with van der Waals surface area (Å²) in [6.07, 6.45) is 51.2. The van der Waals surface area contributed by atoms with Gasteiger partial charge in [0.25, 0.3) is 0 Å². The number of benzene rings is 4. The summed E-state index contributed by atoms with van der Waals surface area (Å²) in [5.74, 6) is -2.06. The number of nitrogens with zero attached hydrogens (tertiary/aromatic N) is 5. The Morgan fingerprint density at radius 2 is 0.520 bits per heavy atom. The van der Waals surface area contributed by atoms with Crippen LogP contribution in [0.5, 0.6) is 0 Å². The van der Waals surface area contributed by atoms with Gasteiger partial charge in [0.1, 0.15) is 0 Å². The third-order valence-electron chi connectivity index (χ3n) is 18.0. The van der Waals surface area contributed by atoms with E-state index in [2.05, 4.69) is 51.5 Å². The second kappa shape index (κ2) is 60.3. The average molecular weight is 1740 g/mol. The van der Waals surface area contributed by atoms with Gasteiger partial charge >= 0.3 is 0 Å². The van der Waals surface area contributed by atoms with Crippen LogP contribution in [0.4, 0.5) is 0 Å². The summed E-state index contributed by atoms with van der Waals surface area (Å²) in [6.45, 7) is 14.2. The van der Waals surface area contributed by atoms with Gasteiger partial charge in [-0.1, -0.05) is 217 Å². The summed E-state index contributed by atoms with van der Waals surface area (Å²) < 4.78 is 0. The maximum absolute atomic E-state index is 12.4. The Kier molecular flexibility index (Phi) is 48.2. The molecule has 6 heterocycles. The molecule has 0 radical (unpaired) electrons. The Bertz CT molecular complexity index is 5090. The SMILES string of the molecule is CCCCC(=O)/C(=C/c1cccnc1)NC(=O)/C=C/c1ccc(C)cc1.CCCCC(=O)/C(=C/c1cccnc1)NC(=O)/C=C/c1ccc(C)cc1.CCCCC(=O)/C(=C/c1cccnc1)NC(=O)/C=C/c1ccc(Cl)cc1.CCCCC(=O)/C(=C/c1cccnc1)NC(=O)/C=C/c1ccccc1.CCCCC(=O)/C(=C/c1cccnc1)NC(=O)/C=C/c1cccs1. The Morgan fingerprint density at radius 3 is 0.748 bits per heavy atom. The molecule has 0 spiro atoms. The molecule has 0 aliphatic carbocycles. The Balaban J connectivity index is 0.000000245. The van der Waals surface area contributed by atoms with Gasteiger partial charge in [-0.05, 0) is 211 Å². The van der Waals surface area contributed by atoms with E-state index in [1.165, 1.54) is 30.4 Å². The molecule has 4 aromatic carbocycles. The minimum Gasteiger partial charge on any atom is -0.319 e. The molecule has 654 valence electrons. The third-order valence-corrected chi connectivity index (χ3v) is 19.1. The maximum atomic E-state index is 12.4. The van der Waals surface area contributed by atoms with Gasteiger partial charge in [-0.25, -0.2) is 0 Å². The number of carbonyl (C=O) groups is 10. The minimum absolute atomic E-state index is 0.0708. The summed E-state index contributed by atoms with van der Waals surface area (Å²) in [7, 11) is 0. The van der Waals surface area contributed by atoms with Crippen LogP contribution in [0.2, 0.25) is 5.02 Å². The number of amides is 5. The highest BCUT2D eigenvalue weighted by Crippen LogP contribution is 2.18. The number of nitrogens with one attached hydrogen (secondary N) is 5. The van der Waals surface area contributed by atoms with Crippen molar-refractivity contribution >= 4 is 142 Å². The average Bonchev–Trinajstić information content (AvgIpc) is 1.83. The fourth-order valence-electron chi connectivity index (χ4n) is 11.0. The van der Waals surface area contributed by atoms with Crippen LogP contribution in [0.15, 0.2) is 302 Å². The van der Waals surface area contributed by atoms with Crippen molar-refractivity contribution in [2.24, 2.45) is 0 Å². The Hall–Kier alpha value is -14.3. The maximum Gasteiger partial charge on any atom is 0.248 e. The molecule has 5 amide bonds. The second-order valence-electron chi connectivity index (χ2n) is 28.8. The van der Waals surface area contributed by atoms with E-state index in [4.69, 9.17) is 11.6 Å². The number of aromatic nitrogens is 5. The number of halogens is 1. The predicted octanol–water partition coefficient (Wildman–Crippen LogP) is 21.4. The van der Waals surface area contributed by atoms with Gasteiger partial charge in [-0.15, -0.1) is 11.3 Å². The zero-order chi connectivity index (χ0) is 91.4. The fraction of sp³-hybridized carbons (Fsp3) is 0.210. The smallest absolute Gasteiger partial charge is 0.248 e. The van der Waals surface area contributed by atoms with Crippen LogP contribution < -0.4 is 26.6 Å². The molecule has 10 aromatic rings. The number of allylic oxidation sites excluding steroid dienone is 5. The van der Waals surface area contributed by atoms with E-state index in [1.54, 1.807) is 177 Å². The first kappa shape index (κ1) is 102. The van der Waals surface area contributed by atoms with Crippen LogP contribution in [0.3, 0.4) is 0 Å². The number of carbonyl (C=O) groups excluding carboxylic acids is 10. The summed E-state index contributed by atoms with van der Waals surface area (Å²) in [5.41, 5.74) is 11.3. The molecule has 0 aliphatic rings. The lowest BCUT2D eigenvalue weighted by molar-refractivity contribution is -0.120. The molecule has 0 unspecified atom stereocenters. The van der Waals surface area contributed by atoms with E-state index < -0.39 is 0 Å². The zero-order valence-corrected chi connectivity index (χ0v) is 74.5. The number of ketones is 5. The van der Waals surface area contributed by atoms with Crippen molar-refractivity contribution in [1.29, 1.82) is 0 Å². The number of Topliss-reactive ketones (excluding diaryl/α,β-unsaturated/α-hetero) is 5. The molecule has 0 aliphatic heterocycles. The molecular formula is C105H111ClN10O10S. The van der Waals surface area contributed by atoms with Crippen molar-refractivity contribution < 1.29 is 47.9 Å². The van der Waals surface area contributed by atoms with E-state index in [-0.39, 0.29) is 64.1 Å². The van der Waals surface area contributed by atoms with Crippen molar-refractivity contribution in [1.82, 2.24) is 51.5 Å². The van der Waals surface area contributed by atoms with E-state index >= 15 is 0 Å². The molecule has 0 atom stereocenters. The molecule has 0 saturated heterocycles. The lowest BCUT2D eigenvalue weighted by Gasteiger charge is -2.07. The van der Waals surface area contributed by atoms with Crippen LogP contribution in [0.25, 0.3) is 60.8 Å². The number of hydrogen-bond acceptors (Lipinski definition) is 16. The molecule has 0 fully saturated rings. The van der Waals surface area contributed by atoms with Crippen molar-refractivity contribution in [3.8, 4) is 0 Å². The van der Waals surface area contributed by atoms with Gasteiger partial charge in [-0.2, -0.15) is 0 Å². The largest absolute Gasteiger partial charge is 0.319 e. The summed E-state index contributed by atoms with van der Waals surface area (Å²) >= 11 is 7.39. The molecule has 6 aromatic heterocycles. The number of unbranched alkanes of at least 4 members (excludes halogenated alkanes) is 5. The van der Waals surface area contributed by atoms with Gasteiger partial charge in [0, 0.05) is 134 Å². The zero-order valence-electron chi connectivity index (χ0n) is 73.0. The highest BCUT2D eigenvalue weighted by molar-refractivity contribution is 7.10. The monoisotopic (exact) mass is 1740 g/mol. The van der Waals surface area contributed by atoms with Crippen LogP contribution in [0, 0.1) is 13.8 Å². The highest BCUT2D eigenvalue weighted by Gasteiger charge is 2.18. The van der Waals surface area contributed by atoms with Crippen LogP contribution in [-0.4, -0.2) is 83.4 Å². The lowest BCUT2D eigenvalue weighted by Crippen LogP contribution is -2.25. The van der Waals surface area contributed by atoms with E-state index in [1.807, 2.05) is 187 Å². The Morgan fingerprint density at radius 1 is 0.283 bits per heavy atom. The molecule has 5 N–H and O–H groups in total. The molecule has 0 saturated carbocycles. The van der Waals surface area contributed by atoms with Crippen molar-refractivity contribution in [3.63, 3.8) is 0 Å². The second-order valence-corrected chi connectivity index (χ2v) is 30.2. The minimum atomic E-state index is -0.361. The first-order chi connectivity index (χ1) is 61.6. The summed E-state index contributed by atoms with van der Waals surface area (Å²) in [6, 6.07) is 54.3. The first-order valence-electron chi connectivity index (χ1n) is 42.3. The number of rotatable bonds is 40. The molecule has 10 rings (SSSR count). The van der Waals surface area contributed by atoms with Gasteiger partial charge in [0.15, 0.2) is 28.9 Å².